The van der Waals surface area contributed by atoms with Gasteiger partial charge in [0.15, 0.2) is 0 Å². The minimum absolute atomic E-state index is 0. The van der Waals surface area contributed by atoms with Gasteiger partial charge in [0, 0.05) is 24.5 Å². The number of anilines is 2. The predicted octanol–water partition coefficient (Wildman–Crippen LogP) is 5.99. The summed E-state index contributed by atoms with van der Waals surface area (Å²) >= 11 is 0. The van der Waals surface area contributed by atoms with Crippen LogP contribution in [0.5, 0.6) is 0 Å². The van der Waals surface area contributed by atoms with E-state index >= 15 is 0 Å². The summed E-state index contributed by atoms with van der Waals surface area (Å²) in [5.41, 5.74) is 2.49. The van der Waals surface area contributed by atoms with E-state index in [2.05, 4.69) is 70.5 Å². The Morgan fingerprint density at radius 2 is 1.47 bits per heavy atom. The molecule has 1 saturated heterocycles. The number of halogens is 1. The summed E-state index contributed by atoms with van der Waals surface area (Å²) in [5, 5.41) is 9.20. The lowest BCUT2D eigenvalue weighted by atomic mass is 9.98. The zero-order valence-electron chi connectivity index (χ0n) is 17.8. The highest BCUT2D eigenvalue weighted by Crippen LogP contribution is 2.25. The molecule has 164 valence electrons. The van der Waals surface area contributed by atoms with Crippen molar-refractivity contribution in [1.82, 2.24) is 4.90 Å². The van der Waals surface area contributed by atoms with Gasteiger partial charge >= 0.3 is 5.97 Å². The molecule has 0 aromatic heterocycles. The average molecular weight is 431 g/mol. The lowest BCUT2D eigenvalue weighted by molar-refractivity contribution is -0.143. The third kappa shape index (κ3) is 7.66. The van der Waals surface area contributed by atoms with Gasteiger partial charge in [-0.15, -0.1) is 12.4 Å². The van der Waals surface area contributed by atoms with E-state index in [0.717, 1.165) is 39.0 Å². The van der Waals surface area contributed by atoms with Gasteiger partial charge in [-0.1, -0.05) is 55.7 Å². The molecule has 5 heteroatoms. The number of rotatable bonds is 11. The number of piperidine rings is 1. The Bertz CT molecular complexity index is 687. The van der Waals surface area contributed by atoms with Crippen molar-refractivity contribution in [2.75, 3.05) is 31.1 Å². The highest BCUT2D eigenvalue weighted by atomic mass is 35.5. The largest absolute Gasteiger partial charge is 0.481 e. The van der Waals surface area contributed by atoms with E-state index in [9.17, 15) is 9.90 Å². The molecule has 1 aliphatic rings. The molecular weight excluding hydrogens is 396 g/mol. The molecule has 1 unspecified atom stereocenters. The van der Waals surface area contributed by atoms with Crippen LogP contribution in [-0.4, -0.2) is 42.2 Å². The molecule has 30 heavy (non-hydrogen) atoms. The number of aliphatic carboxylic acids is 1. The second-order valence-corrected chi connectivity index (χ2v) is 8.07. The Morgan fingerprint density at radius 1 is 0.900 bits per heavy atom. The van der Waals surface area contributed by atoms with Gasteiger partial charge in [0.2, 0.25) is 0 Å². The van der Waals surface area contributed by atoms with E-state index in [-0.39, 0.29) is 18.3 Å². The molecular formula is C25H35ClN2O2. The lowest BCUT2D eigenvalue weighted by Gasteiger charge is -2.30. The van der Waals surface area contributed by atoms with E-state index in [4.69, 9.17) is 0 Å². The van der Waals surface area contributed by atoms with Crippen LogP contribution in [0.2, 0.25) is 0 Å². The van der Waals surface area contributed by atoms with Gasteiger partial charge in [-0.05, 0) is 63.0 Å². The second-order valence-electron chi connectivity index (χ2n) is 8.07. The lowest BCUT2D eigenvalue weighted by Crippen LogP contribution is -2.39. The van der Waals surface area contributed by atoms with E-state index < -0.39 is 5.97 Å². The van der Waals surface area contributed by atoms with E-state index in [0.29, 0.717) is 0 Å². The van der Waals surface area contributed by atoms with Gasteiger partial charge in [-0.2, -0.15) is 0 Å². The summed E-state index contributed by atoms with van der Waals surface area (Å²) in [4.78, 5) is 15.9. The molecule has 4 nitrogen and oxygen atoms in total. The average Bonchev–Trinajstić information content (AvgIpc) is 2.77. The Morgan fingerprint density at radius 3 is 2.07 bits per heavy atom. The van der Waals surface area contributed by atoms with Gasteiger partial charge in [0.1, 0.15) is 0 Å². The minimum atomic E-state index is -0.629. The SMILES string of the molecule is Cl.O=C(O)C1CCCN(CCCCCCCN(c2ccccc2)c2ccccc2)C1. The maximum Gasteiger partial charge on any atom is 0.307 e. The van der Waals surface area contributed by atoms with Crippen LogP contribution in [-0.2, 0) is 4.79 Å². The quantitative estimate of drug-likeness (QED) is 0.444. The smallest absolute Gasteiger partial charge is 0.307 e. The zero-order chi connectivity index (χ0) is 20.3. The molecule has 0 amide bonds. The first-order valence-electron chi connectivity index (χ1n) is 11.1. The molecule has 1 heterocycles. The van der Waals surface area contributed by atoms with Gasteiger partial charge in [0.05, 0.1) is 5.92 Å². The van der Waals surface area contributed by atoms with E-state index in [1.54, 1.807) is 0 Å². The number of carboxylic acid groups (broad SMARTS) is 1. The molecule has 1 aliphatic heterocycles. The maximum atomic E-state index is 11.2. The highest BCUT2D eigenvalue weighted by molar-refractivity contribution is 5.85. The van der Waals surface area contributed by atoms with E-state index in [1.807, 2.05) is 0 Å². The van der Waals surface area contributed by atoms with Gasteiger partial charge in [-0.3, -0.25) is 4.79 Å². The molecule has 0 bridgehead atoms. The van der Waals surface area contributed by atoms with Crippen LogP contribution < -0.4 is 4.90 Å². The number of carbonyl (C=O) groups is 1. The van der Waals surface area contributed by atoms with Crippen LogP contribution in [0, 0.1) is 5.92 Å². The molecule has 0 aliphatic carbocycles. The fourth-order valence-corrected chi connectivity index (χ4v) is 4.22. The number of para-hydroxylation sites is 2. The summed E-state index contributed by atoms with van der Waals surface area (Å²) in [6.45, 7) is 3.87. The first-order chi connectivity index (χ1) is 14.2. The fourth-order valence-electron chi connectivity index (χ4n) is 4.22. The maximum absolute atomic E-state index is 11.2. The van der Waals surface area contributed by atoms with Crippen LogP contribution in [0.4, 0.5) is 11.4 Å². The highest BCUT2D eigenvalue weighted by Gasteiger charge is 2.24. The number of hydrogen-bond acceptors (Lipinski definition) is 3. The first kappa shape index (κ1) is 24.2. The standard InChI is InChI=1S/C25H34N2O2.ClH/c28-25(29)22-13-12-19-26(21-22)18-10-2-1-3-11-20-27(23-14-6-4-7-15-23)24-16-8-5-9-17-24;/h4-9,14-17,22H,1-3,10-13,18-21H2,(H,28,29);1H. The van der Waals surface area contributed by atoms with Crippen LogP contribution in [0.15, 0.2) is 60.7 Å². The number of likely N-dealkylation sites (tertiary alicyclic amines) is 1. The molecule has 3 rings (SSSR count). The fraction of sp³-hybridized carbons (Fsp3) is 0.480. The normalized spacial score (nSPS) is 16.6. The predicted molar refractivity (Wildman–Crippen MR) is 127 cm³/mol. The Hall–Kier alpha value is -2.04. The Kier molecular flexibility index (Phi) is 10.7. The molecule has 0 saturated carbocycles. The Balaban J connectivity index is 0.00000320. The molecule has 2 aromatic rings. The van der Waals surface area contributed by atoms with Crippen LogP contribution in [0.3, 0.4) is 0 Å². The second kappa shape index (κ2) is 13.3. The van der Waals surface area contributed by atoms with Crippen molar-refractivity contribution in [2.45, 2.75) is 44.9 Å². The van der Waals surface area contributed by atoms with Crippen LogP contribution >= 0.6 is 12.4 Å². The molecule has 1 N–H and O–H groups in total. The third-order valence-corrected chi connectivity index (χ3v) is 5.85. The molecule has 0 spiro atoms. The van der Waals surface area contributed by atoms with Gasteiger partial charge < -0.3 is 14.9 Å². The van der Waals surface area contributed by atoms with E-state index in [1.165, 1.54) is 43.5 Å². The monoisotopic (exact) mass is 430 g/mol. The number of unbranched alkanes of at least 4 members (excludes halogenated alkanes) is 4. The number of benzene rings is 2. The van der Waals surface area contributed by atoms with Crippen molar-refractivity contribution < 1.29 is 9.90 Å². The van der Waals surface area contributed by atoms with Crippen molar-refractivity contribution in [3.05, 3.63) is 60.7 Å². The molecule has 1 atom stereocenters. The molecule has 1 fully saturated rings. The van der Waals surface area contributed by atoms with Crippen molar-refractivity contribution >= 4 is 29.8 Å². The van der Waals surface area contributed by atoms with Crippen molar-refractivity contribution in [3.8, 4) is 0 Å². The number of hydrogen-bond donors (Lipinski definition) is 1. The minimum Gasteiger partial charge on any atom is -0.481 e. The summed E-state index contributed by atoms with van der Waals surface area (Å²) < 4.78 is 0. The van der Waals surface area contributed by atoms with Crippen LogP contribution in [0.1, 0.15) is 44.9 Å². The summed E-state index contributed by atoms with van der Waals surface area (Å²) in [6, 6.07) is 21.2. The summed E-state index contributed by atoms with van der Waals surface area (Å²) in [7, 11) is 0. The summed E-state index contributed by atoms with van der Waals surface area (Å²) in [6.07, 6.45) is 7.91. The third-order valence-electron chi connectivity index (χ3n) is 5.85. The van der Waals surface area contributed by atoms with Crippen molar-refractivity contribution in [2.24, 2.45) is 5.92 Å². The zero-order valence-corrected chi connectivity index (χ0v) is 18.6. The topological polar surface area (TPSA) is 43.8 Å². The molecule has 2 aromatic carbocycles. The van der Waals surface area contributed by atoms with Gasteiger partial charge in [0.25, 0.3) is 0 Å². The molecule has 0 radical (unpaired) electrons. The number of carboxylic acids is 1. The first-order valence-corrected chi connectivity index (χ1v) is 11.1. The van der Waals surface area contributed by atoms with Crippen molar-refractivity contribution in [3.63, 3.8) is 0 Å². The van der Waals surface area contributed by atoms with Crippen LogP contribution in [0.25, 0.3) is 0 Å². The summed E-state index contributed by atoms with van der Waals surface area (Å²) in [5.74, 6) is -0.790. The Labute approximate surface area is 187 Å². The van der Waals surface area contributed by atoms with Gasteiger partial charge in [-0.25, -0.2) is 0 Å². The number of nitrogens with zero attached hydrogens (tertiary/aromatic N) is 2. The van der Waals surface area contributed by atoms with Crippen molar-refractivity contribution in [1.29, 1.82) is 0 Å².